The largest absolute Gasteiger partial charge is 0.457 e. The van der Waals surface area contributed by atoms with E-state index in [-0.39, 0.29) is 18.0 Å². The molecule has 4 heteroatoms. The molecule has 124 valence electrons. The third kappa shape index (κ3) is 2.85. The van der Waals surface area contributed by atoms with Crippen LogP contribution in [0.2, 0.25) is 0 Å². The monoisotopic (exact) mass is 340 g/mol. The number of ether oxygens (including phenoxy) is 1. The second kappa shape index (κ2) is 6.78. The topological polar surface area (TPSA) is 43.4 Å². The van der Waals surface area contributed by atoms with Crippen molar-refractivity contribution in [2.45, 2.75) is 32.0 Å². The van der Waals surface area contributed by atoms with Crippen LogP contribution in [0.25, 0.3) is 0 Å². The van der Waals surface area contributed by atoms with Gasteiger partial charge < -0.3 is 9.30 Å². The van der Waals surface area contributed by atoms with E-state index in [0.717, 1.165) is 16.2 Å². The lowest BCUT2D eigenvalue weighted by Gasteiger charge is -2.28. The molecule has 1 saturated heterocycles. The molecule has 0 spiro atoms. The molecule has 0 unspecified atom stereocenters. The molecule has 0 amide bonds. The minimum Gasteiger partial charge on any atom is -0.457 e. The molecule has 0 N–H and O–H groups in total. The number of rotatable bonds is 4. The van der Waals surface area contributed by atoms with Gasteiger partial charge in [-0.1, -0.05) is 66.7 Å². The normalized spacial score (nSPS) is 21.6. The molecular formula is C20H21O3P. The van der Waals surface area contributed by atoms with Crippen LogP contribution in [0.3, 0.4) is 0 Å². The van der Waals surface area contributed by atoms with Crippen molar-refractivity contribution in [1.29, 1.82) is 0 Å². The third-order valence-corrected chi connectivity index (χ3v) is 8.15. The Balaban J connectivity index is 2.19. The molecule has 0 radical (unpaired) electrons. The summed E-state index contributed by atoms with van der Waals surface area (Å²) in [5, 5.41) is 1.54. The van der Waals surface area contributed by atoms with E-state index in [2.05, 4.69) is 0 Å². The van der Waals surface area contributed by atoms with Crippen LogP contribution in [-0.2, 0) is 14.1 Å². The predicted molar refractivity (Wildman–Crippen MR) is 97.5 cm³/mol. The van der Waals surface area contributed by atoms with E-state index in [1.54, 1.807) is 0 Å². The minimum atomic E-state index is -3.02. The maximum atomic E-state index is 14.3. The summed E-state index contributed by atoms with van der Waals surface area (Å²) in [5.41, 5.74) is 0.573. The number of carbonyl (C=O) groups excluding carboxylic acids is 1. The molecule has 1 fully saturated rings. The van der Waals surface area contributed by atoms with E-state index in [1.807, 2.05) is 80.6 Å². The van der Waals surface area contributed by atoms with E-state index >= 15 is 0 Å². The summed E-state index contributed by atoms with van der Waals surface area (Å²) in [6.45, 7) is 3.84. The molecule has 1 heterocycles. The zero-order valence-corrected chi connectivity index (χ0v) is 14.8. The summed E-state index contributed by atoms with van der Waals surface area (Å²) in [6, 6.07) is 18.9. The van der Waals surface area contributed by atoms with Crippen LogP contribution < -0.4 is 10.6 Å². The van der Waals surface area contributed by atoms with Crippen molar-refractivity contribution < 1.29 is 14.1 Å². The Hall–Kier alpha value is -2.12. The standard InChI is InChI=1S/C20H21O3P/c1-3-15(2)20-18(14-19(21)23-20)24(22,16-10-6-4-7-11-16)17-12-8-5-9-13-17/h3-13,18,20H,14H2,1-2H3/b15-3+/t18-,20-/m1/s1. The number of carbonyl (C=O) groups is 1. The molecule has 24 heavy (non-hydrogen) atoms. The van der Waals surface area contributed by atoms with Crippen LogP contribution >= 0.6 is 7.14 Å². The zero-order valence-electron chi connectivity index (χ0n) is 13.9. The van der Waals surface area contributed by atoms with Crippen LogP contribution in [0.1, 0.15) is 20.3 Å². The average Bonchev–Trinajstić information content (AvgIpc) is 3.04. The zero-order chi connectivity index (χ0) is 17.2. The number of benzene rings is 2. The van der Waals surface area contributed by atoms with Crippen molar-refractivity contribution in [1.82, 2.24) is 0 Å². The first kappa shape index (κ1) is 16.7. The summed E-state index contributed by atoms with van der Waals surface area (Å²) < 4.78 is 19.9. The third-order valence-electron chi connectivity index (χ3n) is 4.63. The van der Waals surface area contributed by atoms with Gasteiger partial charge in [-0.2, -0.15) is 0 Å². The molecule has 1 aliphatic heterocycles. The number of cyclic esters (lactones) is 1. The van der Waals surface area contributed by atoms with Gasteiger partial charge in [-0.25, -0.2) is 0 Å². The Morgan fingerprint density at radius 2 is 1.54 bits per heavy atom. The van der Waals surface area contributed by atoms with E-state index in [0.29, 0.717) is 0 Å². The molecular weight excluding hydrogens is 319 g/mol. The highest BCUT2D eigenvalue weighted by Crippen LogP contribution is 2.54. The van der Waals surface area contributed by atoms with Crippen molar-refractivity contribution in [2.75, 3.05) is 0 Å². The van der Waals surface area contributed by atoms with Crippen LogP contribution in [0.4, 0.5) is 0 Å². The first-order valence-electron chi connectivity index (χ1n) is 8.10. The number of hydrogen-bond donors (Lipinski definition) is 0. The fourth-order valence-corrected chi connectivity index (χ4v) is 6.63. The average molecular weight is 340 g/mol. The predicted octanol–water partition coefficient (Wildman–Crippen LogP) is 3.65. The van der Waals surface area contributed by atoms with E-state index in [1.165, 1.54) is 0 Å². The molecule has 0 aromatic heterocycles. The van der Waals surface area contributed by atoms with Gasteiger partial charge in [0.1, 0.15) is 6.10 Å². The lowest BCUT2D eigenvalue weighted by atomic mass is 10.1. The second-order valence-corrected chi connectivity index (χ2v) is 9.06. The van der Waals surface area contributed by atoms with Crippen molar-refractivity contribution in [3.8, 4) is 0 Å². The van der Waals surface area contributed by atoms with Gasteiger partial charge in [0.2, 0.25) is 0 Å². The quantitative estimate of drug-likeness (QED) is 0.485. The summed E-state index contributed by atoms with van der Waals surface area (Å²) in [6.07, 6.45) is 1.67. The highest BCUT2D eigenvalue weighted by Gasteiger charge is 2.48. The maximum absolute atomic E-state index is 14.3. The first-order chi connectivity index (χ1) is 11.6. The smallest absolute Gasteiger partial charge is 0.307 e. The maximum Gasteiger partial charge on any atom is 0.307 e. The molecule has 2 atom stereocenters. The second-order valence-electron chi connectivity index (χ2n) is 6.04. The van der Waals surface area contributed by atoms with E-state index < -0.39 is 13.2 Å². The highest BCUT2D eigenvalue weighted by atomic mass is 31.2. The molecule has 0 aliphatic carbocycles. The van der Waals surface area contributed by atoms with Crippen molar-refractivity contribution >= 4 is 23.7 Å². The summed E-state index contributed by atoms with van der Waals surface area (Å²) >= 11 is 0. The lowest BCUT2D eigenvalue weighted by molar-refractivity contribution is -0.140. The van der Waals surface area contributed by atoms with Crippen LogP contribution in [0.15, 0.2) is 72.3 Å². The Morgan fingerprint density at radius 3 is 2.00 bits per heavy atom. The fourth-order valence-electron chi connectivity index (χ4n) is 3.26. The van der Waals surface area contributed by atoms with Crippen LogP contribution in [0.5, 0.6) is 0 Å². The van der Waals surface area contributed by atoms with Crippen molar-refractivity contribution in [3.63, 3.8) is 0 Å². The Kier molecular flexibility index (Phi) is 4.73. The van der Waals surface area contributed by atoms with Crippen molar-refractivity contribution in [2.24, 2.45) is 0 Å². The number of esters is 1. The summed E-state index contributed by atoms with van der Waals surface area (Å²) in [4.78, 5) is 12.0. The SMILES string of the molecule is C/C=C(\C)[C@H]1OC(=O)C[C@H]1P(=O)(c1ccccc1)c1ccccc1. The van der Waals surface area contributed by atoms with Gasteiger partial charge in [-0.15, -0.1) is 0 Å². The van der Waals surface area contributed by atoms with Gasteiger partial charge in [0, 0.05) is 10.6 Å². The minimum absolute atomic E-state index is 0.177. The van der Waals surface area contributed by atoms with Crippen molar-refractivity contribution in [3.05, 3.63) is 72.3 Å². The molecule has 3 nitrogen and oxygen atoms in total. The van der Waals surface area contributed by atoms with Gasteiger partial charge in [0.05, 0.1) is 12.1 Å². The summed E-state index contributed by atoms with van der Waals surface area (Å²) in [7, 11) is -3.02. The number of allylic oxidation sites excluding steroid dienone is 1. The van der Waals surface area contributed by atoms with Gasteiger partial charge in [0.25, 0.3) is 0 Å². The fraction of sp³-hybridized carbons (Fsp3) is 0.250. The molecule has 2 aromatic carbocycles. The van der Waals surface area contributed by atoms with Gasteiger partial charge in [-0.05, 0) is 19.4 Å². The molecule has 2 aromatic rings. The Bertz CT molecular complexity index is 753. The summed E-state index contributed by atoms with van der Waals surface area (Å²) in [5.74, 6) is -0.279. The Morgan fingerprint density at radius 1 is 1.04 bits per heavy atom. The molecule has 0 bridgehead atoms. The van der Waals surface area contributed by atoms with Crippen LogP contribution in [0, 0.1) is 0 Å². The molecule has 0 saturated carbocycles. The van der Waals surface area contributed by atoms with E-state index in [4.69, 9.17) is 4.74 Å². The lowest BCUT2D eigenvalue weighted by Crippen LogP contribution is -2.32. The van der Waals surface area contributed by atoms with Crippen LogP contribution in [-0.4, -0.2) is 17.7 Å². The van der Waals surface area contributed by atoms with E-state index in [9.17, 15) is 9.36 Å². The Labute approximate surface area is 142 Å². The number of hydrogen-bond acceptors (Lipinski definition) is 3. The first-order valence-corrected chi connectivity index (χ1v) is 9.88. The molecule has 1 aliphatic rings. The van der Waals surface area contributed by atoms with Gasteiger partial charge in [-0.3, -0.25) is 4.79 Å². The highest BCUT2D eigenvalue weighted by molar-refractivity contribution is 7.79. The van der Waals surface area contributed by atoms with Gasteiger partial charge in [0.15, 0.2) is 7.14 Å². The molecule has 3 rings (SSSR count). The van der Waals surface area contributed by atoms with Gasteiger partial charge >= 0.3 is 5.97 Å².